The van der Waals surface area contributed by atoms with Gasteiger partial charge in [0.1, 0.15) is 12.2 Å². The van der Waals surface area contributed by atoms with Crippen LogP contribution >= 0.6 is 0 Å². The third-order valence-corrected chi connectivity index (χ3v) is 5.45. The molecule has 2 N–H and O–H groups in total. The van der Waals surface area contributed by atoms with E-state index in [2.05, 4.69) is 36.0 Å². The topological polar surface area (TPSA) is 146 Å². The van der Waals surface area contributed by atoms with Crippen molar-refractivity contribution in [3.63, 3.8) is 0 Å². The van der Waals surface area contributed by atoms with Crippen molar-refractivity contribution in [2.24, 2.45) is 10.3 Å². The number of nitrogens with zero attached hydrogens (tertiary/aromatic N) is 7. The second-order valence-corrected chi connectivity index (χ2v) is 8.37. The van der Waals surface area contributed by atoms with E-state index in [1.807, 2.05) is 0 Å². The Hall–Kier alpha value is -5.16. The van der Waals surface area contributed by atoms with E-state index >= 15 is 0 Å². The summed E-state index contributed by atoms with van der Waals surface area (Å²) < 4.78 is 68.3. The maximum atomic E-state index is 14.4. The number of benzene rings is 1. The number of halogens is 5. The van der Waals surface area contributed by atoms with Crippen LogP contribution in [0.15, 0.2) is 76.2 Å². The van der Waals surface area contributed by atoms with Gasteiger partial charge in [-0.05, 0) is 29.8 Å². The van der Waals surface area contributed by atoms with Crippen molar-refractivity contribution >= 4 is 23.4 Å². The van der Waals surface area contributed by atoms with Crippen LogP contribution < -0.4 is 21.4 Å². The lowest BCUT2D eigenvalue weighted by Gasteiger charge is -2.23. The number of hydrogen-bond acceptors (Lipinski definition) is 11. The minimum atomic E-state index is -5.42. The third-order valence-electron chi connectivity index (χ3n) is 5.45. The molecular formula is C23H20F5N9O4. The molecule has 1 aromatic carbocycles. The summed E-state index contributed by atoms with van der Waals surface area (Å²) in [4.78, 5) is 48.8. The van der Waals surface area contributed by atoms with Crippen LogP contribution in [0.4, 0.5) is 33.5 Å². The van der Waals surface area contributed by atoms with Crippen LogP contribution in [0.2, 0.25) is 0 Å². The standard InChI is InChI=1S/C23H20F5N9O4/c24-22(25,17-3-1-2-8-29-17)13-31-19-20(39)35(10-9-30-19)12-18(38)37(41-21(40)23(26,27)28)11-15-4-6-16(7-5-15)36-14-32-33-34-36/h1-10H,11-14H2,(H,30,31)(H,32,34). The fraction of sp³-hybridized carbons (Fsp3) is 0.261. The van der Waals surface area contributed by atoms with Crippen LogP contribution in [0, 0.1) is 0 Å². The van der Waals surface area contributed by atoms with E-state index in [0.717, 1.165) is 18.5 Å². The number of alkyl halides is 5. The van der Waals surface area contributed by atoms with Gasteiger partial charge >= 0.3 is 18.1 Å². The van der Waals surface area contributed by atoms with Crippen molar-refractivity contribution in [1.82, 2.24) is 25.1 Å². The zero-order valence-electron chi connectivity index (χ0n) is 20.8. The number of hydrazine groups is 1. The van der Waals surface area contributed by atoms with Crippen molar-refractivity contribution < 1.29 is 36.4 Å². The maximum absolute atomic E-state index is 14.4. The van der Waals surface area contributed by atoms with Crippen LogP contribution in [-0.4, -0.2) is 50.9 Å². The van der Waals surface area contributed by atoms with Gasteiger partial charge in [0.05, 0.1) is 18.8 Å². The summed E-state index contributed by atoms with van der Waals surface area (Å²) in [5, 5.41) is 11.2. The molecule has 0 atom stereocenters. The van der Waals surface area contributed by atoms with Gasteiger partial charge in [0, 0.05) is 18.6 Å². The average molecular weight is 581 g/mol. The third kappa shape index (κ3) is 7.28. The number of aromatic nitrogens is 3. The first-order valence-corrected chi connectivity index (χ1v) is 11.6. The Morgan fingerprint density at radius 1 is 1.05 bits per heavy atom. The van der Waals surface area contributed by atoms with Crippen LogP contribution in [0.1, 0.15) is 11.3 Å². The molecule has 18 heteroatoms. The van der Waals surface area contributed by atoms with Crippen LogP contribution in [-0.2, 0) is 33.4 Å². The molecule has 1 aliphatic rings. The van der Waals surface area contributed by atoms with Gasteiger partial charge in [-0.25, -0.2) is 14.8 Å². The first-order chi connectivity index (χ1) is 19.4. The van der Waals surface area contributed by atoms with Crippen molar-refractivity contribution in [2.75, 3.05) is 23.5 Å². The number of nitrogens with one attached hydrogen (secondary N) is 2. The fourth-order valence-corrected chi connectivity index (χ4v) is 3.40. The van der Waals surface area contributed by atoms with Gasteiger partial charge in [-0.2, -0.15) is 32.6 Å². The summed E-state index contributed by atoms with van der Waals surface area (Å²) in [7, 11) is 0. The zero-order chi connectivity index (χ0) is 29.6. The monoisotopic (exact) mass is 581 g/mol. The Morgan fingerprint density at radius 3 is 2.44 bits per heavy atom. The van der Waals surface area contributed by atoms with Gasteiger partial charge < -0.3 is 14.7 Å². The number of anilines is 2. The average Bonchev–Trinajstić information content (AvgIpc) is 3.49. The number of carbonyl (C=O) groups excluding carboxylic acids is 2. The molecule has 216 valence electrons. The summed E-state index contributed by atoms with van der Waals surface area (Å²) in [6, 6.07) is 9.93. The van der Waals surface area contributed by atoms with E-state index < -0.39 is 60.7 Å². The van der Waals surface area contributed by atoms with Gasteiger partial charge in [0.2, 0.25) is 0 Å². The Balaban J connectivity index is 1.48. The lowest BCUT2D eigenvalue weighted by atomic mass is 10.2. The predicted molar refractivity (Wildman–Crippen MR) is 130 cm³/mol. The van der Waals surface area contributed by atoms with E-state index in [9.17, 15) is 36.3 Å². The normalized spacial score (nSPS) is 13.0. The molecule has 2 aromatic heterocycles. The van der Waals surface area contributed by atoms with Crippen molar-refractivity contribution in [3.8, 4) is 0 Å². The van der Waals surface area contributed by atoms with Gasteiger partial charge in [0.25, 0.3) is 11.5 Å². The first-order valence-electron chi connectivity index (χ1n) is 11.6. The smallest absolute Gasteiger partial charge is 0.359 e. The quantitative estimate of drug-likeness (QED) is 0.288. The summed E-state index contributed by atoms with van der Waals surface area (Å²) in [6.07, 6.45) is -2.21. The molecule has 1 amide bonds. The summed E-state index contributed by atoms with van der Waals surface area (Å²) >= 11 is 0. The molecule has 13 nitrogen and oxygen atoms in total. The Bertz CT molecular complexity index is 1460. The van der Waals surface area contributed by atoms with Crippen LogP contribution in [0.3, 0.4) is 0 Å². The Kier molecular flexibility index (Phi) is 8.39. The molecule has 0 bridgehead atoms. The molecular weight excluding hydrogens is 561 g/mol. The second-order valence-electron chi connectivity index (χ2n) is 8.37. The molecule has 0 saturated carbocycles. The molecule has 3 heterocycles. The van der Waals surface area contributed by atoms with Gasteiger partial charge in [-0.1, -0.05) is 23.4 Å². The van der Waals surface area contributed by atoms with Gasteiger partial charge in [-0.15, -0.1) is 5.11 Å². The highest BCUT2D eigenvalue weighted by atomic mass is 19.4. The van der Waals surface area contributed by atoms with Crippen molar-refractivity contribution in [3.05, 3.63) is 82.7 Å². The maximum Gasteiger partial charge on any atom is 0.493 e. The second kappa shape index (κ2) is 11.9. The molecule has 3 aromatic rings. The predicted octanol–water partition coefficient (Wildman–Crippen LogP) is 2.54. The molecule has 0 saturated heterocycles. The molecule has 0 radical (unpaired) electrons. The lowest BCUT2D eigenvalue weighted by Crippen LogP contribution is -2.41. The molecule has 41 heavy (non-hydrogen) atoms. The van der Waals surface area contributed by atoms with Crippen molar-refractivity contribution in [1.29, 1.82) is 0 Å². The summed E-state index contributed by atoms with van der Waals surface area (Å²) in [6.45, 7) is -2.36. The highest BCUT2D eigenvalue weighted by Gasteiger charge is 2.43. The number of pyridine rings is 1. The van der Waals surface area contributed by atoms with E-state index in [-0.39, 0.29) is 17.3 Å². The largest absolute Gasteiger partial charge is 0.493 e. The number of carbonyl (C=O) groups is 2. The Labute approximate surface area is 227 Å². The first kappa shape index (κ1) is 28.8. The van der Waals surface area contributed by atoms with Crippen LogP contribution in [0.5, 0.6) is 0 Å². The molecule has 0 spiro atoms. The molecule has 0 fully saturated rings. The van der Waals surface area contributed by atoms with Crippen LogP contribution in [0.25, 0.3) is 0 Å². The van der Waals surface area contributed by atoms with E-state index in [4.69, 9.17) is 0 Å². The summed E-state index contributed by atoms with van der Waals surface area (Å²) in [5.74, 6) is -7.92. The zero-order valence-corrected chi connectivity index (χ0v) is 20.8. The Morgan fingerprint density at radius 2 is 1.80 bits per heavy atom. The highest BCUT2D eigenvalue weighted by Crippen LogP contribution is 2.26. The van der Waals surface area contributed by atoms with E-state index in [0.29, 0.717) is 10.3 Å². The minimum absolute atomic E-state index is 0.152. The number of rotatable bonds is 9. The molecule has 1 aliphatic heterocycles. The SMILES string of the molecule is O=C(Cn1ccnc(NCC(F)(F)c2ccccn2)c1=O)N(Cc1ccc(N2CN=NN2)cc1)OC(=O)C(F)(F)F. The lowest BCUT2D eigenvalue weighted by molar-refractivity contribution is -0.239. The minimum Gasteiger partial charge on any atom is -0.359 e. The molecule has 0 aliphatic carbocycles. The summed E-state index contributed by atoms with van der Waals surface area (Å²) in [5.41, 5.74) is 1.88. The number of hydroxylamine groups is 2. The molecule has 0 unspecified atom stereocenters. The van der Waals surface area contributed by atoms with Gasteiger partial charge in [0.15, 0.2) is 12.5 Å². The van der Waals surface area contributed by atoms with Crippen molar-refractivity contribution in [2.45, 2.75) is 25.2 Å². The van der Waals surface area contributed by atoms with E-state index in [1.54, 1.807) is 17.1 Å². The highest BCUT2D eigenvalue weighted by molar-refractivity contribution is 5.80. The number of amides is 1. The molecule has 4 rings (SSSR count). The van der Waals surface area contributed by atoms with E-state index in [1.165, 1.54) is 30.5 Å². The number of hydrogen-bond donors (Lipinski definition) is 2. The fourth-order valence-electron chi connectivity index (χ4n) is 3.40. The van der Waals surface area contributed by atoms with Gasteiger partial charge in [-0.3, -0.25) is 14.6 Å².